The summed E-state index contributed by atoms with van der Waals surface area (Å²) in [6, 6.07) is 0. The van der Waals surface area contributed by atoms with E-state index < -0.39 is 0 Å². The standard InChI is InChI=1S/C8H14N4/c1-5-3-9-4-7(5)8-10-6(2)11-12-8/h5,7,9H,3-4H2,1-2H3,(H,10,11,12)/t5-,7-/m1/s1. The molecule has 0 aliphatic carbocycles. The van der Waals surface area contributed by atoms with Crippen LogP contribution in [0.1, 0.15) is 24.5 Å². The van der Waals surface area contributed by atoms with Gasteiger partial charge in [-0.15, -0.1) is 0 Å². The molecule has 2 N–H and O–H groups in total. The maximum Gasteiger partial charge on any atom is 0.155 e. The minimum absolute atomic E-state index is 0.495. The van der Waals surface area contributed by atoms with Gasteiger partial charge in [0.2, 0.25) is 0 Å². The van der Waals surface area contributed by atoms with Crippen LogP contribution in [-0.2, 0) is 0 Å². The molecule has 0 amide bonds. The second kappa shape index (κ2) is 2.86. The summed E-state index contributed by atoms with van der Waals surface area (Å²) in [4.78, 5) is 4.34. The molecule has 2 heterocycles. The van der Waals surface area contributed by atoms with Gasteiger partial charge in [0, 0.05) is 12.5 Å². The summed E-state index contributed by atoms with van der Waals surface area (Å²) < 4.78 is 0. The predicted molar refractivity (Wildman–Crippen MR) is 45.9 cm³/mol. The molecule has 1 aromatic rings. The lowest BCUT2D eigenvalue weighted by molar-refractivity contribution is 0.547. The number of H-pyrrole nitrogens is 1. The van der Waals surface area contributed by atoms with Crippen molar-refractivity contribution in [2.24, 2.45) is 5.92 Å². The molecular formula is C8H14N4. The highest BCUT2D eigenvalue weighted by Crippen LogP contribution is 2.24. The molecular weight excluding hydrogens is 152 g/mol. The summed E-state index contributed by atoms with van der Waals surface area (Å²) in [6.07, 6.45) is 0. The Kier molecular flexibility index (Phi) is 1.84. The van der Waals surface area contributed by atoms with E-state index in [9.17, 15) is 0 Å². The summed E-state index contributed by atoms with van der Waals surface area (Å²) in [5.41, 5.74) is 0. The fourth-order valence-corrected chi connectivity index (χ4v) is 1.68. The van der Waals surface area contributed by atoms with E-state index >= 15 is 0 Å². The van der Waals surface area contributed by atoms with Gasteiger partial charge in [-0.3, -0.25) is 5.10 Å². The lowest BCUT2D eigenvalue weighted by Gasteiger charge is -2.08. The molecule has 4 nitrogen and oxygen atoms in total. The van der Waals surface area contributed by atoms with Crippen molar-refractivity contribution in [2.45, 2.75) is 19.8 Å². The third-order valence-electron chi connectivity index (χ3n) is 2.46. The molecule has 1 aliphatic heterocycles. The fourth-order valence-electron chi connectivity index (χ4n) is 1.68. The van der Waals surface area contributed by atoms with E-state index in [0.29, 0.717) is 11.8 Å². The van der Waals surface area contributed by atoms with Crippen molar-refractivity contribution in [1.82, 2.24) is 20.5 Å². The second-order valence-corrected chi connectivity index (χ2v) is 3.52. The first-order chi connectivity index (χ1) is 5.77. The molecule has 2 rings (SSSR count). The third-order valence-corrected chi connectivity index (χ3v) is 2.46. The molecule has 0 aromatic carbocycles. The van der Waals surface area contributed by atoms with Crippen molar-refractivity contribution < 1.29 is 0 Å². The Hall–Kier alpha value is -0.900. The van der Waals surface area contributed by atoms with Gasteiger partial charge < -0.3 is 5.32 Å². The molecule has 1 fully saturated rings. The van der Waals surface area contributed by atoms with Gasteiger partial charge in [-0.1, -0.05) is 6.92 Å². The third kappa shape index (κ3) is 1.22. The number of rotatable bonds is 1. The molecule has 1 aromatic heterocycles. The predicted octanol–water partition coefficient (Wildman–Crippen LogP) is 0.436. The van der Waals surface area contributed by atoms with E-state index in [2.05, 4.69) is 27.4 Å². The molecule has 2 atom stereocenters. The van der Waals surface area contributed by atoms with E-state index in [1.54, 1.807) is 0 Å². The van der Waals surface area contributed by atoms with Crippen molar-refractivity contribution in [3.63, 3.8) is 0 Å². The van der Waals surface area contributed by atoms with E-state index in [-0.39, 0.29) is 0 Å². The van der Waals surface area contributed by atoms with Crippen LogP contribution in [0.5, 0.6) is 0 Å². The van der Waals surface area contributed by atoms with Crippen LogP contribution in [0, 0.1) is 12.8 Å². The van der Waals surface area contributed by atoms with E-state index in [0.717, 1.165) is 24.7 Å². The first-order valence-corrected chi connectivity index (χ1v) is 4.37. The number of hydrogen-bond donors (Lipinski definition) is 2. The van der Waals surface area contributed by atoms with E-state index in [1.807, 2.05) is 6.92 Å². The molecule has 12 heavy (non-hydrogen) atoms. The molecule has 0 unspecified atom stereocenters. The highest BCUT2D eigenvalue weighted by molar-refractivity contribution is 5.03. The molecule has 0 saturated carbocycles. The highest BCUT2D eigenvalue weighted by atomic mass is 15.2. The average Bonchev–Trinajstić information content (AvgIpc) is 2.58. The number of aromatic amines is 1. The van der Waals surface area contributed by atoms with Crippen molar-refractivity contribution in [1.29, 1.82) is 0 Å². The quantitative estimate of drug-likeness (QED) is 0.636. The SMILES string of the molecule is Cc1nc([C@@H]2CNC[C@H]2C)n[nH]1. The lowest BCUT2D eigenvalue weighted by atomic mass is 9.98. The van der Waals surface area contributed by atoms with Crippen LogP contribution in [0.25, 0.3) is 0 Å². The first kappa shape index (κ1) is 7.73. The number of hydrogen-bond acceptors (Lipinski definition) is 3. The zero-order valence-electron chi connectivity index (χ0n) is 7.46. The molecule has 1 aliphatic rings. The zero-order chi connectivity index (χ0) is 8.55. The van der Waals surface area contributed by atoms with Crippen molar-refractivity contribution in [3.8, 4) is 0 Å². The number of nitrogens with one attached hydrogen (secondary N) is 2. The fraction of sp³-hybridized carbons (Fsp3) is 0.750. The molecule has 0 spiro atoms. The van der Waals surface area contributed by atoms with Crippen LogP contribution < -0.4 is 5.32 Å². The van der Waals surface area contributed by atoms with E-state index in [1.165, 1.54) is 0 Å². The number of aromatic nitrogens is 3. The van der Waals surface area contributed by atoms with E-state index in [4.69, 9.17) is 0 Å². The van der Waals surface area contributed by atoms with Crippen molar-refractivity contribution >= 4 is 0 Å². The van der Waals surface area contributed by atoms with Crippen LogP contribution in [0.4, 0.5) is 0 Å². The number of aryl methyl sites for hydroxylation is 1. The van der Waals surface area contributed by atoms with Gasteiger partial charge in [0.15, 0.2) is 5.82 Å². The Bertz CT molecular complexity index is 268. The smallest absolute Gasteiger partial charge is 0.155 e. The zero-order valence-corrected chi connectivity index (χ0v) is 7.46. The maximum atomic E-state index is 4.34. The van der Waals surface area contributed by atoms with Gasteiger partial charge in [-0.2, -0.15) is 5.10 Å². The Labute approximate surface area is 71.8 Å². The molecule has 0 radical (unpaired) electrons. The van der Waals surface area contributed by atoms with Gasteiger partial charge in [0.25, 0.3) is 0 Å². The Morgan fingerprint density at radius 3 is 2.75 bits per heavy atom. The summed E-state index contributed by atoms with van der Waals surface area (Å²) in [7, 11) is 0. The molecule has 1 saturated heterocycles. The summed E-state index contributed by atoms with van der Waals surface area (Å²) in [5.74, 6) is 3.02. The topological polar surface area (TPSA) is 53.6 Å². The molecule has 66 valence electrons. The average molecular weight is 166 g/mol. The lowest BCUT2D eigenvalue weighted by Crippen LogP contribution is -2.09. The Balaban J connectivity index is 2.19. The number of nitrogens with zero attached hydrogens (tertiary/aromatic N) is 2. The second-order valence-electron chi connectivity index (χ2n) is 3.52. The van der Waals surface area contributed by atoms with Gasteiger partial charge in [-0.25, -0.2) is 4.98 Å². The van der Waals surface area contributed by atoms with Crippen LogP contribution in [0.3, 0.4) is 0 Å². The van der Waals surface area contributed by atoms with Gasteiger partial charge >= 0.3 is 0 Å². The first-order valence-electron chi connectivity index (χ1n) is 4.37. The minimum atomic E-state index is 0.495. The monoisotopic (exact) mass is 166 g/mol. The largest absolute Gasteiger partial charge is 0.316 e. The van der Waals surface area contributed by atoms with Gasteiger partial charge in [0.1, 0.15) is 5.82 Å². The van der Waals surface area contributed by atoms with Crippen LogP contribution in [-0.4, -0.2) is 28.3 Å². The Morgan fingerprint density at radius 1 is 1.42 bits per heavy atom. The van der Waals surface area contributed by atoms with Gasteiger partial charge in [-0.05, 0) is 19.4 Å². The normalized spacial score (nSPS) is 29.5. The summed E-state index contributed by atoms with van der Waals surface area (Å²) >= 11 is 0. The molecule has 4 heteroatoms. The Morgan fingerprint density at radius 2 is 2.25 bits per heavy atom. The summed E-state index contributed by atoms with van der Waals surface area (Å²) in [6.45, 7) is 6.26. The highest BCUT2D eigenvalue weighted by Gasteiger charge is 2.27. The minimum Gasteiger partial charge on any atom is -0.316 e. The van der Waals surface area contributed by atoms with Crippen molar-refractivity contribution in [3.05, 3.63) is 11.6 Å². The van der Waals surface area contributed by atoms with Crippen molar-refractivity contribution in [2.75, 3.05) is 13.1 Å². The van der Waals surface area contributed by atoms with Crippen LogP contribution >= 0.6 is 0 Å². The maximum absolute atomic E-state index is 4.34. The summed E-state index contributed by atoms with van der Waals surface area (Å²) in [5, 5.41) is 10.4. The van der Waals surface area contributed by atoms with Crippen LogP contribution in [0.2, 0.25) is 0 Å². The van der Waals surface area contributed by atoms with Gasteiger partial charge in [0.05, 0.1) is 0 Å². The van der Waals surface area contributed by atoms with Crippen LogP contribution in [0.15, 0.2) is 0 Å². The molecule has 0 bridgehead atoms.